The van der Waals surface area contributed by atoms with Crippen LogP contribution in [0.25, 0.3) is 16.7 Å². The first kappa shape index (κ1) is 16.2. The fourth-order valence-electron chi connectivity index (χ4n) is 2.46. The van der Waals surface area contributed by atoms with Crippen LogP contribution in [-0.2, 0) is 0 Å². The Hall–Kier alpha value is -2.66. The summed E-state index contributed by atoms with van der Waals surface area (Å²) in [5, 5.41) is 13.6. The van der Waals surface area contributed by atoms with Gasteiger partial charge in [-0.3, -0.25) is 0 Å². The smallest absolute Gasteiger partial charge is 0.387 e. The number of furan rings is 1. The maximum atomic E-state index is 14.5. The molecule has 0 aliphatic carbocycles. The molecular weight excluding hydrogens is 347 g/mol. The highest BCUT2D eigenvalue weighted by Crippen LogP contribution is 2.36. The molecule has 2 aromatic heterocycles. The molecule has 1 aromatic carbocycles. The van der Waals surface area contributed by atoms with Crippen molar-refractivity contribution in [1.29, 1.82) is 5.26 Å². The van der Waals surface area contributed by atoms with Gasteiger partial charge in [-0.05, 0) is 26.0 Å². The van der Waals surface area contributed by atoms with Gasteiger partial charge in [0, 0.05) is 0 Å². The summed E-state index contributed by atoms with van der Waals surface area (Å²) in [5.41, 5.74) is -0.252. The van der Waals surface area contributed by atoms with Crippen LogP contribution in [0.5, 0.6) is 5.75 Å². The van der Waals surface area contributed by atoms with E-state index in [0.717, 1.165) is 10.7 Å². The lowest BCUT2D eigenvalue weighted by molar-refractivity contribution is -0.0505. The number of rotatable bonds is 3. The van der Waals surface area contributed by atoms with Gasteiger partial charge in [-0.25, -0.2) is 9.07 Å². The van der Waals surface area contributed by atoms with Gasteiger partial charge in [-0.2, -0.15) is 19.1 Å². The molecule has 0 aliphatic rings. The Balaban J connectivity index is 2.35. The van der Waals surface area contributed by atoms with Crippen LogP contribution < -0.4 is 4.74 Å². The van der Waals surface area contributed by atoms with Gasteiger partial charge >= 0.3 is 6.61 Å². The van der Waals surface area contributed by atoms with Crippen LogP contribution in [0.15, 0.2) is 16.5 Å². The van der Waals surface area contributed by atoms with Crippen molar-refractivity contribution in [2.45, 2.75) is 20.5 Å². The van der Waals surface area contributed by atoms with Crippen LogP contribution in [0.4, 0.5) is 13.2 Å². The zero-order chi connectivity index (χ0) is 17.6. The normalized spacial score (nSPS) is 11.2. The molecule has 0 N–H and O–H groups in total. The van der Waals surface area contributed by atoms with E-state index in [4.69, 9.17) is 16.0 Å². The minimum atomic E-state index is -3.14. The minimum Gasteiger partial charge on any atom is -0.460 e. The van der Waals surface area contributed by atoms with E-state index in [1.54, 1.807) is 13.0 Å². The fraction of sp³-hybridized carbons (Fsp3) is 0.200. The SMILES string of the molecule is Cc1cc2c(-n3nc(C)c(OC(F)F)c3C#N)c(F)cc(Cl)c2o1. The summed E-state index contributed by atoms with van der Waals surface area (Å²) in [6.45, 7) is -0.122. The van der Waals surface area contributed by atoms with E-state index in [0.29, 0.717) is 5.76 Å². The van der Waals surface area contributed by atoms with Gasteiger partial charge in [0.2, 0.25) is 0 Å². The third-order valence-electron chi connectivity index (χ3n) is 3.34. The van der Waals surface area contributed by atoms with Gasteiger partial charge in [0.05, 0.1) is 10.4 Å². The largest absolute Gasteiger partial charge is 0.460 e. The van der Waals surface area contributed by atoms with Crippen LogP contribution in [0.1, 0.15) is 17.1 Å². The van der Waals surface area contributed by atoms with Crippen molar-refractivity contribution < 1.29 is 22.3 Å². The molecule has 124 valence electrons. The predicted molar refractivity (Wildman–Crippen MR) is 79.1 cm³/mol. The molecule has 0 unspecified atom stereocenters. The Morgan fingerprint density at radius 2 is 2.08 bits per heavy atom. The van der Waals surface area contributed by atoms with Gasteiger partial charge in [0.25, 0.3) is 0 Å². The Labute approximate surface area is 138 Å². The summed E-state index contributed by atoms with van der Waals surface area (Å²) in [6, 6.07) is 4.24. The number of fused-ring (bicyclic) bond motifs is 1. The number of hydrogen-bond donors (Lipinski definition) is 0. The Kier molecular flexibility index (Phi) is 3.89. The summed E-state index contributed by atoms with van der Waals surface area (Å²) in [5.74, 6) is -0.726. The second-order valence-corrected chi connectivity index (χ2v) is 5.36. The van der Waals surface area contributed by atoms with Crippen molar-refractivity contribution in [3.63, 3.8) is 0 Å². The van der Waals surface area contributed by atoms with E-state index in [-0.39, 0.29) is 33.1 Å². The van der Waals surface area contributed by atoms with E-state index in [9.17, 15) is 18.4 Å². The van der Waals surface area contributed by atoms with Crippen molar-refractivity contribution in [1.82, 2.24) is 9.78 Å². The lowest BCUT2D eigenvalue weighted by Gasteiger charge is -2.07. The van der Waals surface area contributed by atoms with E-state index in [1.807, 2.05) is 0 Å². The first-order valence-corrected chi connectivity index (χ1v) is 7.04. The molecule has 3 rings (SSSR count). The number of hydrogen-bond acceptors (Lipinski definition) is 4. The van der Waals surface area contributed by atoms with Crippen molar-refractivity contribution in [2.24, 2.45) is 0 Å². The van der Waals surface area contributed by atoms with Crippen molar-refractivity contribution in [3.05, 3.63) is 40.1 Å². The number of benzene rings is 1. The second-order valence-electron chi connectivity index (χ2n) is 4.95. The average molecular weight is 356 g/mol. The van der Waals surface area contributed by atoms with E-state index >= 15 is 0 Å². The molecule has 0 saturated carbocycles. The number of alkyl halides is 2. The number of nitrogens with zero attached hydrogens (tertiary/aromatic N) is 3. The molecule has 2 heterocycles. The maximum Gasteiger partial charge on any atom is 0.387 e. The first-order valence-electron chi connectivity index (χ1n) is 6.66. The number of ether oxygens (including phenoxy) is 1. The molecule has 24 heavy (non-hydrogen) atoms. The number of nitriles is 1. The molecule has 0 fully saturated rings. The molecule has 0 spiro atoms. The minimum absolute atomic E-state index is 0.0227. The van der Waals surface area contributed by atoms with E-state index < -0.39 is 18.2 Å². The summed E-state index contributed by atoms with van der Waals surface area (Å²) < 4.78 is 50.3. The van der Waals surface area contributed by atoms with Crippen LogP contribution in [-0.4, -0.2) is 16.4 Å². The summed E-state index contributed by atoms with van der Waals surface area (Å²) in [4.78, 5) is 0. The van der Waals surface area contributed by atoms with Gasteiger partial charge in [-0.1, -0.05) is 11.6 Å². The molecule has 0 amide bonds. The lowest BCUT2D eigenvalue weighted by Crippen LogP contribution is -2.06. The van der Waals surface area contributed by atoms with E-state index in [1.165, 1.54) is 13.0 Å². The summed E-state index contributed by atoms with van der Waals surface area (Å²) >= 11 is 5.96. The second kappa shape index (κ2) is 5.76. The quantitative estimate of drug-likeness (QED) is 0.694. The third kappa shape index (κ3) is 2.47. The maximum absolute atomic E-state index is 14.5. The van der Waals surface area contributed by atoms with Gasteiger partial charge < -0.3 is 9.15 Å². The molecule has 3 aromatic rings. The molecule has 0 atom stereocenters. The average Bonchev–Trinajstić information content (AvgIpc) is 3.00. The number of aromatic nitrogens is 2. The molecule has 9 heteroatoms. The first-order chi connectivity index (χ1) is 11.3. The Bertz CT molecular complexity index is 988. The van der Waals surface area contributed by atoms with E-state index in [2.05, 4.69) is 9.84 Å². The summed E-state index contributed by atoms with van der Waals surface area (Å²) in [6.07, 6.45) is 0. The molecule has 0 aliphatic heterocycles. The topological polar surface area (TPSA) is 64.0 Å². The predicted octanol–water partition coefficient (Wildman–Crippen LogP) is 4.50. The third-order valence-corrected chi connectivity index (χ3v) is 3.62. The van der Waals surface area contributed by atoms with Crippen LogP contribution in [0.3, 0.4) is 0 Å². The Morgan fingerprint density at radius 3 is 2.71 bits per heavy atom. The monoisotopic (exact) mass is 355 g/mol. The Morgan fingerprint density at radius 1 is 1.38 bits per heavy atom. The van der Waals surface area contributed by atoms with Gasteiger partial charge in [0.1, 0.15) is 23.2 Å². The van der Waals surface area contributed by atoms with Crippen molar-refractivity contribution in [3.8, 4) is 17.5 Å². The number of aryl methyl sites for hydroxylation is 2. The highest BCUT2D eigenvalue weighted by atomic mass is 35.5. The fourth-order valence-corrected chi connectivity index (χ4v) is 2.70. The van der Waals surface area contributed by atoms with Gasteiger partial charge in [0.15, 0.2) is 22.8 Å². The van der Waals surface area contributed by atoms with Gasteiger partial charge in [-0.15, -0.1) is 0 Å². The molecule has 5 nitrogen and oxygen atoms in total. The standard InChI is InChI=1S/C15H9ClF3N3O2/c1-6-3-8-12(10(17)4-9(16)14(8)23-6)22-11(5-20)13(7(2)21-22)24-15(18)19/h3-4,15H,1-2H3. The zero-order valence-electron chi connectivity index (χ0n) is 12.4. The molecule has 0 radical (unpaired) electrons. The van der Waals surface area contributed by atoms with Crippen molar-refractivity contribution in [2.75, 3.05) is 0 Å². The molecule has 0 saturated heterocycles. The molecular formula is C15H9ClF3N3O2. The number of halogens is 4. The van der Waals surface area contributed by atoms with Crippen molar-refractivity contribution >= 4 is 22.6 Å². The molecule has 0 bridgehead atoms. The highest BCUT2D eigenvalue weighted by Gasteiger charge is 2.25. The van der Waals surface area contributed by atoms with Crippen LogP contribution >= 0.6 is 11.6 Å². The van der Waals surface area contributed by atoms with Crippen LogP contribution in [0, 0.1) is 31.0 Å². The zero-order valence-corrected chi connectivity index (χ0v) is 13.2. The lowest BCUT2D eigenvalue weighted by atomic mass is 10.2. The highest BCUT2D eigenvalue weighted by molar-refractivity contribution is 6.35. The van der Waals surface area contributed by atoms with Crippen LogP contribution in [0.2, 0.25) is 5.02 Å². The summed E-state index contributed by atoms with van der Waals surface area (Å²) in [7, 11) is 0.